The lowest BCUT2D eigenvalue weighted by Crippen LogP contribution is -2.22. The lowest BCUT2D eigenvalue weighted by atomic mass is 10.5. The molecule has 0 spiro atoms. The van der Waals surface area contributed by atoms with Crippen molar-refractivity contribution in [2.45, 2.75) is 6.92 Å². The molecule has 1 radical (unpaired) electrons. The Morgan fingerprint density at radius 3 is 2.29 bits per heavy atom. The van der Waals surface area contributed by atoms with Crippen molar-refractivity contribution in [2.24, 2.45) is 0 Å². The highest BCUT2D eigenvalue weighted by atomic mass is 15.1. The molecule has 2 heteroatoms. The Morgan fingerprint density at radius 1 is 1.86 bits per heavy atom. The van der Waals surface area contributed by atoms with Gasteiger partial charge in [0, 0.05) is 13.6 Å². The molecule has 0 aromatic heterocycles. The van der Waals surface area contributed by atoms with Crippen molar-refractivity contribution < 1.29 is 0 Å². The van der Waals surface area contributed by atoms with Gasteiger partial charge in [-0.3, -0.25) is 5.41 Å². The molecule has 0 aromatic rings. The molecule has 0 aliphatic carbocycles. The first-order valence-electron chi connectivity index (χ1n) is 2.24. The van der Waals surface area contributed by atoms with E-state index >= 15 is 0 Å². The maximum atomic E-state index is 6.99. The van der Waals surface area contributed by atoms with E-state index in [9.17, 15) is 0 Å². The van der Waals surface area contributed by atoms with Crippen LogP contribution in [-0.4, -0.2) is 24.3 Å². The molecule has 0 atom stereocenters. The van der Waals surface area contributed by atoms with Crippen LogP contribution in [0.4, 0.5) is 0 Å². The molecule has 41 valence electrons. The van der Waals surface area contributed by atoms with Gasteiger partial charge in [0.25, 0.3) is 0 Å². The molecule has 0 saturated heterocycles. The first kappa shape index (κ1) is 6.47. The van der Waals surface area contributed by atoms with Gasteiger partial charge in [0.05, 0.1) is 5.84 Å². The minimum atomic E-state index is 0.565. The quantitative estimate of drug-likeness (QED) is 0.381. The number of rotatable bonds is 1. The summed E-state index contributed by atoms with van der Waals surface area (Å²) in [6.45, 7) is 6.01. The van der Waals surface area contributed by atoms with Crippen LogP contribution in [0.2, 0.25) is 0 Å². The third kappa shape index (κ3) is 2.20. The van der Waals surface area contributed by atoms with E-state index in [2.05, 4.69) is 6.92 Å². The van der Waals surface area contributed by atoms with E-state index < -0.39 is 0 Å². The highest BCUT2D eigenvalue weighted by molar-refractivity contribution is 5.75. The van der Waals surface area contributed by atoms with E-state index in [0.717, 1.165) is 0 Å². The van der Waals surface area contributed by atoms with Gasteiger partial charge in [0.2, 0.25) is 0 Å². The molecule has 0 aliphatic rings. The van der Waals surface area contributed by atoms with Crippen molar-refractivity contribution in [2.75, 3.05) is 13.6 Å². The van der Waals surface area contributed by atoms with Gasteiger partial charge < -0.3 is 4.90 Å². The second-order valence-electron chi connectivity index (χ2n) is 1.51. The highest BCUT2D eigenvalue weighted by Gasteiger charge is 1.89. The van der Waals surface area contributed by atoms with Gasteiger partial charge >= 0.3 is 0 Å². The Bertz CT molecular complexity index is 68.5. The Kier molecular flexibility index (Phi) is 2.41. The van der Waals surface area contributed by atoms with E-state index in [1.807, 2.05) is 7.05 Å². The predicted octanol–water partition coefficient (Wildman–Crippen LogP) is 0.749. The van der Waals surface area contributed by atoms with Crippen LogP contribution in [0.25, 0.3) is 0 Å². The van der Waals surface area contributed by atoms with Crippen molar-refractivity contribution in [1.82, 2.24) is 4.90 Å². The molecule has 2 nitrogen and oxygen atoms in total. The average molecular weight is 99.2 g/mol. The van der Waals surface area contributed by atoms with Gasteiger partial charge in [-0.15, -0.1) is 0 Å². The van der Waals surface area contributed by atoms with Gasteiger partial charge in [0.1, 0.15) is 0 Å². The number of nitrogens with zero attached hydrogens (tertiary/aromatic N) is 1. The smallest absolute Gasteiger partial charge is 0.0923 e. The van der Waals surface area contributed by atoms with Crippen molar-refractivity contribution >= 4 is 5.84 Å². The number of hydrogen-bond donors (Lipinski definition) is 1. The van der Waals surface area contributed by atoms with Gasteiger partial charge in [-0.25, -0.2) is 0 Å². The molecular formula is C5H11N2. The topological polar surface area (TPSA) is 27.1 Å². The van der Waals surface area contributed by atoms with Crippen LogP contribution in [0.3, 0.4) is 0 Å². The van der Waals surface area contributed by atoms with Crippen LogP contribution >= 0.6 is 0 Å². The summed E-state index contributed by atoms with van der Waals surface area (Å²) in [5.74, 6) is 0.565. The fraction of sp³-hybridized carbons (Fsp3) is 0.600. The number of amidine groups is 1. The lowest BCUT2D eigenvalue weighted by Gasteiger charge is -2.12. The average Bonchev–Trinajstić information content (AvgIpc) is 1.65. The Hall–Kier alpha value is -0.530. The molecule has 0 aliphatic heterocycles. The summed E-state index contributed by atoms with van der Waals surface area (Å²) in [4.78, 5) is 1.76. The van der Waals surface area contributed by atoms with E-state index in [1.54, 1.807) is 11.8 Å². The first-order valence-corrected chi connectivity index (χ1v) is 2.24. The minimum Gasteiger partial charge on any atom is -0.364 e. The molecule has 1 N–H and O–H groups in total. The fourth-order valence-corrected chi connectivity index (χ4v) is 0.168. The highest BCUT2D eigenvalue weighted by Crippen LogP contribution is 1.78. The first-order chi connectivity index (χ1) is 3.18. The van der Waals surface area contributed by atoms with Crippen LogP contribution in [0.15, 0.2) is 0 Å². The van der Waals surface area contributed by atoms with Crippen LogP contribution in [0, 0.1) is 12.3 Å². The standard InChI is InChI=1S/C5H11N2/c1-4-7(3)5(2)6/h6H,1,4H2,2-3H3. The van der Waals surface area contributed by atoms with E-state index in [1.165, 1.54) is 0 Å². The van der Waals surface area contributed by atoms with Crippen LogP contribution in [0.1, 0.15) is 6.92 Å². The van der Waals surface area contributed by atoms with Crippen LogP contribution in [-0.2, 0) is 0 Å². The van der Waals surface area contributed by atoms with E-state index in [-0.39, 0.29) is 0 Å². The van der Waals surface area contributed by atoms with Gasteiger partial charge in [-0.1, -0.05) is 0 Å². The molecule has 0 aromatic carbocycles. The molecule has 7 heavy (non-hydrogen) atoms. The van der Waals surface area contributed by atoms with Crippen LogP contribution in [0.5, 0.6) is 0 Å². The summed E-state index contributed by atoms with van der Waals surface area (Å²) >= 11 is 0. The zero-order valence-corrected chi connectivity index (χ0v) is 4.86. The normalized spacial score (nSPS) is 8.43. The third-order valence-corrected chi connectivity index (χ3v) is 0.908. The number of hydrogen-bond acceptors (Lipinski definition) is 1. The molecule has 0 bridgehead atoms. The second kappa shape index (κ2) is 2.61. The van der Waals surface area contributed by atoms with E-state index in [4.69, 9.17) is 5.41 Å². The predicted molar refractivity (Wildman–Crippen MR) is 31.4 cm³/mol. The zero-order chi connectivity index (χ0) is 5.86. The van der Waals surface area contributed by atoms with Gasteiger partial charge in [-0.2, -0.15) is 0 Å². The van der Waals surface area contributed by atoms with Gasteiger partial charge in [-0.05, 0) is 13.8 Å². The summed E-state index contributed by atoms with van der Waals surface area (Å²) in [7, 11) is 1.84. The summed E-state index contributed by atoms with van der Waals surface area (Å²) in [5.41, 5.74) is 0. The Balaban J connectivity index is 3.34. The second-order valence-corrected chi connectivity index (χ2v) is 1.51. The minimum absolute atomic E-state index is 0.565. The SMILES string of the molecule is [CH2]CN(C)C(C)=N. The summed E-state index contributed by atoms with van der Waals surface area (Å²) in [6.07, 6.45) is 0. The Morgan fingerprint density at radius 2 is 2.29 bits per heavy atom. The molecule has 0 amide bonds. The lowest BCUT2D eigenvalue weighted by molar-refractivity contribution is 0.554. The van der Waals surface area contributed by atoms with E-state index in [0.29, 0.717) is 12.4 Å². The molecular weight excluding hydrogens is 88.1 g/mol. The van der Waals surface area contributed by atoms with Crippen LogP contribution < -0.4 is 0 Å². The monoisotopic (exact) mass is 99.1 g/mol. The summed E-state index contributed by atoms with van der Waals surface area (Å²) < 4.78 is 0. The van der Waals surface area contributed by atoms with Crippen molar-refractivity contribution in [3.63, 3.8) is 0 Å². The molecule has 0 heterocycles. The molecule has 0 fully saturated rings. The fourth-order valence-electron chi connectivity index (χ4n) is 0.168. The van der Waals surface area contributed by atoms with Crippen molar-refractivity contribution in [3.8, 4) is 0 Å². The third-order valence-electron chi connectivity index (χ3n) is 0.908. The zero-order valence-electron chi connectivity index (χ0n) is 4.86. The summed E-state index contributed by atoms with van der Waals surface area (Å²) in [6, 6.07) is 0. The Labute approximate surface area is 44.6 Å². The largest absolute Gasteiger partial charge is 0.364 e. The maximum absolute atomic E-state index is 6.99. The van der Waals surface area contributed by atoms with Gasteiger partial charge in [0.15, 0.2) is 0 Å². The van der Waals surface area contributed by atoms with Crippen molar-refractivity contribution in [1.29, 1.82) is 5.41 Å². The number of nitrogens with one attached hydrogen (secondary N) is 1. The maximum Gasteiger partial charge on any atom is 0.0923 e. The molecule has 0 unspecified atom stereocenters. The summed E-state index contributed by atoms with van der Waals surface area (Å²) in [5, 5.41) is 6.99. The van der Waals surface area contributed by atoms with Crippen molar-refractivity contribution in [3.05, 3.63) is 6.92 Å². The molecule has 0 rings (SSSR count). The molecule has 0 saturated carbocycles.